The van der Waals surface area contributed by atoms with Gasteiger partial charge in [-0.1, -0.05) is 11.6 Å². The average Bonchev–Trinajstić information content (AvgIpc) is 2.69. The highest BCUT2D eigenvalue weighted by atomic mass is 35.5. The molecule has 0 aliphatic rings. The SMILES string of the molecule is CCN(Cc1ccc(Cl)s1)C(=O)C(C)OC. The monoisotopic (exact) mass is 261 g/mol. The number of carbonyl (C=O) groups excluding carboxylic acids is 1. The van der Waals surface area contributed by atoms with Crippen LogP contribution >= 0.6 is 22.9 Å². The molecule has 1 heterocycles. The summed E-state index contributed by atoms with van der Waals surface area (Å²) in [5, 5.41) is 0. The summed E-state index contributed by atoms with van der Waals surface area (Å²) in [6, 6.07) is 3.79. The maximum atomic E-state index is 11.9. The van der Waals surface area contributed by atoms with Crippen molar-refractivity contribution >= 4 is 28.8 Å². The van der Waals surface area contributed by atoms with Crippen LogP contribution in [-0.4, -0.2) is 30.6 Å². The lowest BCUT2D eigenvalue weighted by molar-refractivity contribution is -0.141. The van der Waals surface area contributed by atoms with E-state index < -0.39 is 6.10 Å². The number of ether oxygens (including phenoxy) is 1. The molecule has 0 aromatic carbocycles. The molecule has 0 aliphatic carbocycles. The van der Waals surface area contributed by atoms with Crippen LogP contribution in [0.3, 0.4) is 0 Å². The van der Waals surface area contributed by atoms with Crippen LogP contribution in [0.4, 0.5) is 0 Å². The maximum Gasteiger partial charge on any atom is 0.251 e. The van der Waals surface area contributed by atoms with E-state index in [2.05, 4.69) is 0 Å². The Hall–Kier alpha value is -0.580. The number of carbonyl (C=O) groups is 1. The van der Waals surface area contributed by atoms with Crippen LogP contribution in [0.2, 0.25) is 4.34 Å². The topological polar surface area (TPSA) is 29.5 Å². The molecule has 0 spiro atoms. The third kappa shape index (κ3) is 3.47. The standard InChI is InChI=1S/C11H16ClNO2S/c1-4-13(11(14)8(2)15-3)7-9-5-6-10(12)16-9/h5-6,8H,4,7H2,1-3H3. The Morgan fingerprint density at radius 3 is 2.75 bits per heavy atom. The molecule has 0 N–H and O–H groups in total. The van der Waals surface area contributed by atoms with Crippen molar-refractivity contribution in [3.05, 3.63) is 21.3 Å². The summed E-state index contributed by atoms with van der Waals surface area (Å²) in [6.07, 6.45) is -0.393. The molecule has 1 aromatic rings. The molecule has 5 heteroatoms. The molecule has 0 aliphatic heterocycles. The lowest BCUT2D eigenvalue weighted by atomic mass is 10.3. The van der Waals surface area contributed by atoms with Gasteiger partial charge in [-0.05, 0) is 26.0 Å². The summed E-state index contributed by atoms with van der Waals surface area (Å²) in [6.45, 7) is 4.98. The van der Waals surface area contributed by atoms with Gasteiger partial charge in [-0.25, -0.2) is 0 Å². The van der Waals surface area contributed by atoms with Gasteiger partial charge in [-0.3, -0.25) is 4.79 Å². The van der Waals surface area contributed by atoms with Crippen molar-refractivity contribution in [2.24, 2.45) is 0 Å². The smallest absolute Gasteiger partial charge is 0.251 e. The first kappa shape index (κ1) is 13.5. The third-order valence-electron chi connectivity index (χ3n) is 2.37. The Morgan fingerprint density at radius 1 is 1.62 bits per heavy atom. The molecular formula is C11H16ClNO2S. The second-order valence-electron chi connectivity index (χ2n) is 3.44. The maximum absolute atomic E-state index is 11.9. The molecule has 1 aromatic heterocycles. The summed E-state index contributed by atoms with van der Waals surface area (Å²) >= 11 is 7.35. The van der Waals surface area contributed by atoms with Crippen LogP contribution in [0.25, 0.3) is 0 Å². The Kier molecular flexibility index (Phi) is 5.25. The highest BCUT2D eigenvalue weighted by molar-refractivity contribution is 7.16. The summed E-state index contributed by atoms with van der Waals surface area (Å²) in [7, 11) is 1.54. The lowest BCUT2D eigenvalue weighted by Crippen LogP contribution is -2.37. The van der Waals surface area contributed by atoms with Gasteiger partial charge in [0.1, 0.15) is 6.10 Å². The zero-order valence-electron chi connectivity index (χ0n) is 9.70. The summed E-state index contributed by atoms with van der Waals surface area (Å²) < 4.78 is 5.77. The third-order valence-corrected chi connectivity index (χ3v) is 3.59. The first-order chi connectivity index (χ1) is 7.58. The van der Waals surface area contributed by atoms with Crippen LogP contribution in [0, 0.1) is 0 Å². The second-order valence-corrected chi connectivity index (χ2v) is 5.24. The molecule has 16 heavy (non-hydrogen) atoms. The van der Waals surface area contributed by atoms with Crippen molar-refractivity contribution in [3.63, 3.8) is 0 Å². The van der Waals surface area contributed by atoms with Crippen molar-refractivity contribution in [3.8, 4) is 0 Å². The number of thiophene rings is 1. The molecule has 1 atom stereocenters. The predicted molar refractivity (Wildman–Crippen MR) is 66.9 cm³/mol. The molecule has 3 nitrogen and oxygen atoms in total. The molecule has 0 fully saturated rings. The molecule has 0 saturated heterocycles. The minimum absolute atomic E-state index is 0.00882. The highest BCUT2D eigenvalue weighted by Crippen LogP contribution is 2.22. The van der Waals surface area contributed by atoms with Crippen molar-refractivity contribution < 1.29 is 9.53 Å². The number of nitrogens with zero attached hydrogens (tertiary/aromatic N) is 1. The van der Waals surface area contributed by atoms with E-state index in [1.54, 1.807) is 18.9 Å². The van der Waals surface area contributed by atoms with E-state index in [1.165, 1.54) is 11.3 Å². The van der Waals surface area contributed by atoms with Crippen LogP contribution < -0.4 is 0 Å². The van der Waals surface area contributed by atoms with Gasteiger partial charge in [-0.15, -0.1) is 11.3 Å². The molecule has 0 bridgehead atoms. The van der Waals surface area contributed by atoms with Crippen molar-refractivity contribution in [2.45, 2.75) is 26.5 Å². The molecule has 0 saturated carbocycles. The van der Waals surface area contributed by atoms with Gasteiger partial charge >= 0.3 is 0 Å². The van der Waals surface area contributed by atoms with E-state index in [9.17, 15) is 4.79 Å². The van der Waals surface area contributed by atoms with Gasteiger partial charge in [0.05, 0.1) is 10.9 Å². The van der Waals surface area contributed by atoms with E-state index in [0.717, 1.165) is 9.21 Å². The molecule has 90 valence electrons. The normalized spacial score (nSPS) is 12.5. The van der Waals surface area contributed by atoms with Gasteiger partial charge < -0.3 is 9.64 Å². The predicted octanol–water partition coefficient (Wildman–Crippen LogP) is 2.78. The number of hydrogen-bond donors (Lipinski definition) is 0. The fourth-order valence-electron chi connectivity index (χ4n) is 1.33. The molecule has 1 amide bonds. The fourth-order valence-corrected chi connectivity index (χ4v) is 2.43. The van der Waals surface area contributed by atoms with Crippen LogP contribution in [-0.2, 0) is 16.1 Å². The van der Waals surface area contributed by atoms with Crippen molar-refractivity contribution in [2.75, 3.05) is 13.7 Å². The molecule has 1 rings (SSSR count). The lowest BCUT2D eigenvalue weighted by Gasteiger charge is -2.23. The minimum atomic E-state index is -0.393. The number of halogens is 1. The summed E-state index contributed by atoms with van der Waals surface area (Å²) in [5.74, 6) is 0.00882. The zero-order valence-corrected chi connectivity index (χ0v) is 11.3. The van der Waals surface area contributed by atoms with Gasteiger partial charge in [0.15, 0.2) is 0 Å². The van der Waals surface area contributed by atoms with Crippen LogP contribution in [0.15, 0.2) is 12.1 Å². The largest absolute Gasteiger partial charge is 0.372 e. The van der Waals surface area contributed by atoms with Crippen LogP contribution in [0.1, 0.15) is 18.7 Å². The first-order valence-electron chi connectivity index (χ1n) is 5.14. The van der Waals surface area contributed by atoms with E-state index in [1.807, 2.05) is 19.1 Å². The number of rotatable bonds is 5. The summed E-state index contributed by atoms with van der Waals surface area (Å²) in [4.78, 5) is 14.7. The Balaban J connectivity index is 2.65. The Bertz CT molecular complexity index is 354. The van der Waals surface area contributed by atoms with Crippen molar-refractivity contribution in [1.82, 2.24) is 4.90 Å². The van der Waals surface area contributed by atoms with Crippen molar-refractivity contribution in [1.29, 1.82) is 0 Å². The fraction of sp³-hybridized carbons (Fsp3) is 0.545. The van der Waals surface area contributed by atoms with Gasteiger partial charge in [0, 0.05) is 18.5 Å². The summed E-state index contributed by atoms with van der Waals surface area (Å²) in [5.41, 5.74) is 0. The van der Waals surface area contributed by atoms with Gasteiger partial charge in [-0.2, -0.15) is 0 Å². The number of methoxy groups -OCH3 is 1. The zero-order chi connectivity index (χ0) is 12.1. The van der Waals surface area contributed by atoms with Gasteiger partial charge in [0.2, 0.25) is 0 Å². The average molecular weight is 262 g/mol. The first-order valence-corrected chi connectivity index (χ1v) is 6.33. The van der Waals surface area contributed by atoms with E-state index in [4.69, 9.17) is 16.3 Å². The number of hydrogen-bond acceptors (Lipinski definition) is 3. The number of amides is 1. The Morgan fingerprint density at radius 2 is 2.31 bits per heavy atom. The quantitative estimate of drug-likeness (QED) is 0.816. The van der Waals surface area contributed by atoms with E-state index >= 15 is 0 Å². The Labute approximate surface area is 105 Å². The van der Waals surface area contributed by atoms with E-state index in [0.29, 0.717) is 13.1 Å². The molecule has 0 radical (unpaired) electrons. The minimum Gasteiger partial charge on any atom is -0.372 e. The van der Waals surface area contributed by atoms with E-state index in [-0.39, 0.29) is 5.91 Å². The molecule has 1 unspecified atom stereocenters. The highest BCUT2D eigenvalue weighted by Gasteiger charge is 2.19. The molecular weight excluding hydrogens is 246 g/mol. The number of likely N-dealkylation sites (N-methyl/N-ethyl adjacent to an activating group) is 1. The second kappa shape index (κ2) is 6.23. The van der Waals surface area contributed by atoms with Gasteiger partial charge in [0.25, 0.3) is 5.91 Å². The van der Waals surface area contributed by atoms with Crippen LogP contribution in [0.5, 0.6) is 0 Å².